The molecule has 0 unspecified atom stereocenters. The van der Waals surface area contributed by atoms with Crippen LogP contribution in [0.15, 0.2) is 60.7 Å². The van der Waals surface area contributed by atoms with Gasteiger partial charge in [-0.3, -0.25) is 4.90 Å². The number of piperazine rings is 1. The summed E-state index contributed by atoms with van der Waals surface area (Å²) >= 11 is 0. The van der Waals surface area contributed by atoms with Crippen molar-refractivity contribution < 1.29 is 0 Å². The smallest absolute Gasteiger partial charge is 0.173 e. The molecule has 1 atom stereocenters. The molecule has 2 aromatic carbocycles. The maximum atomic E-state index is 4.51. The lowest BCUT2D eigenvalue weighted by atomic mass is 9.99. The minimum Gasteiger partial charge on any atom is -0.369 e. The minimum atomic E-state index is -0.127. The van der Waals surface area contributed by atoms with Crippen molar-refractivity contribution in [2.45, 2.75) is 38.8 Å². The van der Waals surface area contributed by atoms with Crippen molar-refractivity contribution in [1.29, 1.82) is 0 Å². The van der Waals surface area contributed by atoms with E-state index in [1.165, 1.54) is 11.3 Å². The number of anilines is 1. The number of hydrogen-bond donors (Lipinski definition) is 0. The second-order valence-corrected chi connectivity index (χ2v) is 8.29. The molecular weight excluding hydrogens is 360 g/mol. The molecule has 1 aliphatic rings. The zero-order chi connectivity index (χ0) is 20.3. The minimum absolute atomic E-state index is 0.0509. The molecular formula is C23H30N6. The summed E-state index contributed by atoms with van der Waals surface area (Å²) in [6.45, 7) is 10.5. The average Bonchev–Trinajstić information content (AvgIpc) is 3.26. The number of nitrogens with zero attached hydrogens (tertiary/aromatic N) is 6. The van der Waals surface area contributed by atoms with Gasteiger partial charge in [-0.05, 0) is 48.4 Å². The summed E-state index contributed by atoms with van der Waals surface area (Å²) in [5.74, 6) is 0.927. The molecule has 0 aliphatic carbocycles. The fourth-order valence-corrected chi connectivity index (χ4v) is 3.98. The molecule has 4 rings (SSSR count). The number of tetrazole rings is 1. The molecule has 0 bridgehead atoms. The number of para-hydroxylation sites is 1. The molecule has 6 heteroatoms. The Labute approximate surface area is 173 Å². The van der Waals surface area contributed by atoms with E-state index in [0.717, 1.165) is 38.4 Å². The third kappa shape index (κ3) is 4.03. The molecule has 1 aromatic heterocycles. The van der Waals surface area contributed by atoms with E-state index < -0.39 is 0 Å². The summed E-state index contributed by atoms with van der Waals surface area (Å²) < 4.78 is 2.02. The highest BCUT2D eigenvalue weighted by Crippen LogP contribution is 2.31. The highest BCUT2D eigenvalue weighted by molar-refractivity contribution is 5.46. The van der Waals surface area contributed by atoms with Crippen LogP contribution in [-0.4, -0.2) is 51.3 Å². The second kappa shape index (κ2) is 8.33. The fourth-order valence-electron chi connectivity index (χ4n) is 3.98. The van der Waals surface area contributed by atoms with E-state index in [9.17, 15) is 0 Å². The van der Waals surface area contributed by atoms with E-state index in [0.29, 0.717) is 0 Å². The number of hydrogen-bond acceptors (Lipinski definition) is 5. The summed E-state index contributed by atoms with van der Waals surface area (Å²) in [6, 6.07) is 21.3. The van der Waals surface area contributed by atoms with Gasteiger partial charge < -0.3 is 4.90 Å². The van der Waals surface area contributed by atoms with E-state index in [2.05, 4.69) is 107 Å². The van der Waals surface area contributed by atoms with Gasteiger partial charge in [-0.1, -0.05) is 55.5 Å². The van der Waals surface area contributed by atoms with E-state index in [1.807, 2.05) is 4.68 Å². The summed E-state index contributed by atoms with van der Waals surface area (Å²) in [5.41, 5.74) is 2.40. The van der Waals surface area contributed by atoms with Crippen LogP contribution in [0.4, 0.5) is 5.69 Å². The molecule has 0 radical (unpaired) electrons. The molecule has 1 aliphatic heterocycles. The van der Waals surface area contributed by atoms with Crippen molar-refractivity contribution in [3.8, 4) is 0 Å². The number of rotatable bonds is 6. The summed E-state index contributed by atoms with van der Waals surface area (Å²) in [4.78, 5) is 4.97. The first kappa shape index (κ1) is 19.6. The Morgan fingerprint density at radius 3 is 2.14 bits per heavy atom. The SMILES string of the molecule is CCC(C)(C)n1nnnc1[C@@H](c1ccccc1)N1CCN(c2ccccc2)CC1. The zero-order valence-corrected chi connectivity index (χ0v) is 17.6. The zero-order valence-electron chi connectivity index (χ0n) is 17.6. The Bertz CT molecular complexity index is 897. The van der Waals surface area contributed by atoms with Gasteiger partial charge in [0.05, 0.1) is 11.6 Å². The first-order chi connectivity index (χ1) is 14.1. The van der Waals surface area contributed by atoms with Crippen molar-refractivity contribution in [3.05, 3.63) is 72.1 Å². The molecule has 29 heavy (non-hydrogen) atoms. The van der Waals surface area contributed by atoms with Gasteiger partial charge in [0.25, 0.3) is 0 Å². The van der Waals surface area contributed by atoms with Gasteiger partial charge in [-0.15, -0.1) is 5.10 Å². The molecule has 0 spiro atoms. The molecule has 1 saturated heterocycles. The lowest BCUT2D eigenvalue weighted by molar-refractivity contribution is 0.187. The number of aromatic nitrogens is 4. The van der Waals surface area contributed by atoms with Crippen molar-refractivity contribution in [1.82, 2.24) is 25.1 Å². The van der Waals surface area contributed by atoms with Crippen LogP contribution in [0.25, 0.3) is 0 Å². The van der Waals surface area contributed by atoms with Crippen LogP contribution >= 0.6 is 0 Å². The molecule has 3 aromatic rings. The topological polar surface area (TPSA) is 50.1 Å². The lowest BCUT2D eigenvalue weighted by Gasteiger charge is -2.40. The predicted molar refractivity (Wildman–Crippen MR) is 116 cm³/mol. The van der Waals surface area contributed by atoms with Crippen LogP contribution in [-0.2, 0) is 5.54 Å². The highest BCUT2D eigenvalue weighted by atomic mass is 15.6. The van der Waals surface area contributed by atoms with Crippen molar-refractivity contribution in [2.24, 2.45) is 0 Å². The van der Waals surface area contributed by atoms with Gasteiger partial charge in [-0.2, -0.15) is 0 Å². The monoisotopic (exact) mass is 390 g/mol. The molecule has 152 valence electrons. The maximum absolute atomic E-state index is 4.51. The Kier molecular flexibility index (Phi) is 5.62. The van der Waals surface area contributed by atoms with Crippen LogP contribution in [0.5, 0.6) is 0 Å². The Morgan fingerprint density at radius 1 is 0.897 bits per heavy atom. The fraction of sp³-hybridized carbons (Fsp3) is 0.435. The summed E-state index contributed by atoms with van der Waals surface area (Å²) in [6.07, 6.45) is 0.967. The van der Waals surface area contributed by atoms with Crippen molar-refractivity contribution >= 4 is 5.69 Å². The second-order valence-electron chi connectivity index (χ2n) is 8.29. The molecule has 0 saturated carbocycles. The summed E-state index contributed by atoms with van der Waals surface area (Å²) in [5, 5.41) is 13.0. The quantitative estimate of drug-likeness (QED) is 0.642. The van der Waals surface area contributed by atoms with Gasteiger partial charge in [0.1, 0.15) is 0 Å². The van der Waals surface area contributed by atoms with Gasteiger partial charge in [0.2, 0.25) is 0 Å². The Morgan fingerprint density at radius 2 is 1.52 bits per heavy atom. The first-order valence-corrected chi connectivity index (χ1v) is 10.5. The van der Waals surface area contributed by atoms with Crippen molar-refractivity contribution in [3.63, 3.8) is 0 Å². The van der Waals surface area contributed by atoms with E-state index in [1.54, 1.807) is 0 Å². The first-order valence-electron chi connectivity index (χ1n) is 10.5. The van der Waals surface area contributed by atoms with Gasteiger partial charge >= 0.3 is 0 Å². The largest absolute Gasteiger partial charge is 0.369 e. The maximum Gasteiger partial charge on any atom is 0.173 e. The van der Waals surface area contributed by atoms with Crippen LogP contribution in [0, 0.1) is 0 Å². The predicted octanol–water partition coefficient (Wildman–Crippen LogP) is 3.73. The molecule has 1 fully saturated rings. The highest BCUT2D eigenvalue weighted by Gasteiger charge is 2.34. The van der Waals surface area contributed by atoms with Crippen LogP contribution in [0.1, 0.15) is 44.6 Å². The molecule has 6 nitrogen and oxygen atoms in total. The molecule has 0 amide bonds. The van der Waals surface area contributed by atoms with Gasteiger partial charge in [0.15, 0.2) is 5.82 Å². The standard InChI is InChI=1S/C23H30N6/c1-4-23(2,3)29-22(24-25-26-29)21(19-11-7-5-8-12-19)28-17-15-27(16-18-28)20-13-9-6-10-14-20/h5-14,21H,4,15-18H2,1-3H3/t21-/m1/s1. The summed E-state index contributed by atoms with van der Waals surface area (Å²) in [7, 11) is 0. The third-order valence-corrected chi connectivity index (χ3v) is 6.09. The van der Waals surface area contributed by atoms with E-state index in [4.69, 9.17) is 0 Å². The third-order valence-electron chi connectivity index (χ3n) is 6.09. The van der Waals surface area contributed by atoms with Crippen LogP contribution < -0.4 is 4.90 Å². The molecule has 0 N–H and O–H groups in total. The average molecular weight is 391 g/mol. The molecule has 2 heterocycles. The van der Waals surface area contributed by atoms with E-state index >= 15 is 0 Å². The van der Waals surface area contributed by atoms with Gasteiger partial charge in [-0.25, -0.2) is 4.68 Å². The van der Waals surface area contributed by atoms with Crippen LogP contribution in [0.2, 0.25) is 0 Å². The van der Waals surface area contributed by atoms with Gasteiger partial charge in [0, 0.05) is 31.9 Å². The lowest BCUT2D eigenvalue weighted by Crippen LogP contribution is -2.48. The Balaban J connectivity index is 1.63. The number of benzene rings is 2. The van der Waals surface area contributed by atoms with Crippen LogP contribution in [0.3, 0.4) is 0 Å². The Hall–Kier alpha value is -2.73. The van der Waals surface area contributed by atoms with E-state index in [-0.39, 0.29) is 11.6 Å². The van der Waals surface area contributed by atoms with Crippen molar-refractivity contribution in [2.75, 3.05) is 31.1 Å². The normalized spacial score (nSPS) is 16.7.